The summed E-state index contributed by atoms with van der Waals surface area (Å²) in [4.78, 5) is 36.1. The third-order valence-corrected chi connectivity index (χ3v) is 3.16. The van der Waals surface area contributed by atoms with Gasteiger partial charge in [-0.3, -0.25) is 19.8 Å². The van der Waals surface area contributed by atoms with E-state index in [2.05, 4.69) is 5.32 Å². The zero-order valence-corrected chi connectivity index (χ0v) is 15.9. The van der Waals surface area contributed by atoms with Gasteiger partial charge in [0.2, 0.25) is 0 Å². The first-order valence-corrected chi connectivity index (χ1v) is 8.06. The van der Waals surface area contributed by atoms with Crippen molar-refractivity contribution in [1.29, 1.82) is 5.26 Å². The highest BCUT2D eigenvalue weighted by Crippen LogP contribution is 2.29. The smallest absolute Gasteiger partial charge is 0.409 e. The van der Waals surface area contributed by atoms with Crippen LogP contribution in [0.3, 0.4) is 0 Å². The molecule has 0 aliphatic carbocycles. The number of likely N-dealkylation sites (N-methyl/N-ethyl adjacent to an activating group) is 1. The number of esters is 2. The molecule has 1 atom stereocenters. The van der Waals surface area contributed by atoms with E-state index in [1.54, 1.807) is 20.8 Å². The maximum atomic E-state index is 12.1. The molecular weight excluding hydrogens is 354 g/mol. The minimum absolute atomic E-state index is 0.129. The lowest BCUT2D eigenvalue weighted by atomic mass is 10.1. The molecule has 1 aromatic carbocycles. The van der Waals surface area contributed by atoms with Crippen molar-refractivity contribution in [3.63, 3.8) is 0 Å². The molecule has 0 bridgehead atoms. The van der Waals surface area contributed by atoms with Gasteiger partial charge in [0.05, 0.1) is 23.9 Å². The van der Waals surface area contributed by atoms with Crippen molar-refractivity contribution in [3.05, 3.63) is 29.3 Å². The second-order valence-electron chi connectivity index (χ2n) is 6.81. The summed E-state index contributed by atoms with van der Waals surface area (Å²) in [6, 6.07) is 6.15. The Morgan fingerprint density at radius 1 is 1.33 bits per heavy atom. The van der Waals surface area contributed by atoms with Gasteiger partial charge in [0.15, 0.2) is 6.23 Å². The number of ether oxygens (including phenoxy) is 2. The Hall–Kier alpha value is -3.12. The van der Waals surface area contributed by atoms with Gasteiger partial charge in [-0.15, -0.1) is 0 Å². The molecule has 0 radical (unpaired) electrons. The summed E-state index contributed by atoms with van der Waals surface area (Å²) in [7, 11) is 1.52. The number of nitriles is 1. The van der Waals surface area contributed by atoms with Crippen LogP contribution in [0.2, 0.25) is 0 Å². The molecular formula is C18H23N3O6. The normalized spacial score (nSPS) is 12.0. The van der Waals surface area contributed by atoms with Crippen molar-refractivity contribution < 1.29 is 29.0 Å². The first kappa shape index (κ1) is 21.9. The summed E-state index contributed by atoms with van der Waals surface area (Å²) in [5, 5.41) is 20.3. The minimum atomic E-state index is -1.32. The predicted octanol–water partition coefficient (Wildman–Crippen LogP) is 2.48. The lowest BCUT2D eigenvalue weighted by Gasteiger charge is -2.29. The van der Waals surface area contributed by atoms with Crippen LogP contribution in [-0.4, -0.2) is 47.2 Å². The molecule has 27 heavy (non-hydrogen) atoms. The van der Waals surface area contributed by atoms with Crippen molar-refractivity contribution in [3.8, 4) is 6.07 Å². The summed E-state index contributed by atoms with van der Waals surface area (Å²) >= 11 is 0. The minimum Gasteiger partial charge on any atom is -0.465 e. The van der Waals surface area contributed by atoms with E-state index in [-0.39, 0.29) is 23.4 Å². The third-order valence-electron chi connectivity index (χ3n) is 3.16. The molecule has 1 amide bonds. The fourth-order valence-electron chi connectivity index (χ4n) is 2.27. The molecule has 0 heterocycles. The van der Waals surface area contributed by atoms with Crippen molar-refractivity contribution >= 4 is 23.7 Å². The van der Waals surface area contributed by atoms with E-state index in [1.807, 2.05) is 6.07 Å². The molecule has 0 saturated heterocycles. The van der Waals surface area contributed by atoms with Crippen LogP contribution >= 0.6 is 0 Å². The Bertz CT molecular complexity index is 763. The lowest BCUT2D eigenvalue weighted by Crippen LogP contribution is -2.36. The summed E-state index contributed by atoms with van der Waals surface area (Å²) in [5.41, 5.74) is -0.101. The quantitative estimate of drug-likeness (QED) is 0.571. The van der Waals surface area contributed by atoms with Gasteiger partial charge in [-0.1, -0.05) is 0 Å². The average molecular weight is 377 g/mol. The highest BCUT2D eigenvalue weighted by atomic mass is 16.6. The van der Waals surface area contributed by atoms with Gasteiger partial charge in [-0.2, -0.15) is 5.26 Å². The number of carbonyl (C=O) groups is 3. The van der Waals surface area contributed by atoms with Gasteiger partial charge in [0.1, 0.15) is 5.60 Å². The predicted molar refractivity (Wildman–Crippen MR) is 95.8 cm³/mol. The van der Waals surface area contributed by atoms with Crippen LogP contribution in [-0.2, 0) is 19.1 Å². The van der Waals surface area contributed by atoms with E-state index in [4.69, 9.17) is 19.8 Å². The van der Waals surface area contributed by atoms with Gasteiger partial charge in [-0.05, 0) is 46.0 Å². The monoisotopic (exact) mass is 377 g/mol. The zero-order chi connectivity index (χ0) is 20.8. The van der Waals surface area contributed by atoms with E-state index in [9.17, 15) is 14.4 Å². The van der Waals surface area contributed by atoms with Crippen LogP contribution in [0.1, 0.15) is 45.0 Å². The molecule has 0 aromatic heterocycles. The van der Waals surface area contributed by atoms with Gasteiger partial charge in [0, 0.05) is 12.5 Å². The molecule has 2 N–H and O–H groups in total. The van der Waals surface area contributed by atoms with Crippen LogP contribution < -0.4 is 5.32 Å². The summed E-state index contributed by atoms with van der Waals surface area (Å²) in [5.74, 6) is -1.19. The number of rotatable bonds is 6. The molecule has 0 saturated carbocycles. The summed E-state index contributed by atoms with van der Waals surface area (Å²) in [6.07, 6.45) is -2.43. The number of anilines is 1. The maximum Gasteiger partial charge on any atom is 0.409 e. The summed E-state index contributed by atoms with van der Waals surface area (Å²) in [6.45, 7) is 6.13. The number of nitrogens with zero attached hydrogens (tertiary/aromatic N) is 2. The molecule has 0 aliphatic rings. The van der Waals surface area contributed by atoms with Crippen LogP contribution in [0.5, 0.6) is 0 Å². The number of nitrogens with one attached hydrogen (secondary N) is 1. The maximum absolute atomic E-state index is 12.1. The molecule has 0 fully saturated rings. The number of carbonyl (C=O) groups excluding carboxylic acids is 2. The molecule has 0 aliphatic heterocycles. The largest absolute Gasteiger partial charge is 0.465 e. The molecule has 1 aromatic rings. The standard InChI is InChI=1S/C18H23N3O6/c1-11(22)26-16(21(5)10-15(23)27-18(2,3)4)13-8-12(9-19)6-7-14(13)20-17(24)25/h6-8,16,20H,10H2,1-5H3,(H,24,25). The molecule has 1 rings (SSSR count). The van der Waals surface area contributed by atoms with E-state index in [1.165, 1.54) is 37.1 Å². The van der Waals surface area contributed by atoms with E-state index in [0.717, 1.165) is 0 Å². The molecule has 1 unspecified atom stereocenters. The lowest BCUT2D eigenvalue weighted by molar-refractivity contribution is -0.166. The van der Waals surface area contributed by atoms with Crippen molar-refractivity contribution in [2.24, 2.45) is 0 Å². The third kappa shape index (κ3) is 7.33. The number of amides is 1. The number of hydrogen-bond donors (Lipinski definition) is 2. The van der Waals surface area contributed by atoms with Crippen molar-refractivity contribution in [2.75, 3.05) is 18.9 Å². The van der Waals surface area contributed by atoms with Gasteiger partial charge >= 0.3 is 18.0 Å². The Kier molecular flexibility index (Phi) is 7.31. The number of benzene rings is 1. The number of hydrogen-bond acceptors (Lipinski definition) is 7. The number of carboxylic acid groups (broad SMARTS) is 1. The summed E-state index contributed by atoms with van der Waals surface area (Å²) < 4.78 is 10.5. The fraction of sp³-hybridized carbons (Fsp3) is 0.444. The van der Waals surface area contributed by atoms with Crippen LogP contribution in [0.15, 0.2) is 18.2 Å². The first-order chi connectivity index (χ1) is 12.4. The second kappa shape index (κ2) is 9.00. The van der Waals surface area contributed by atoms with E-state index in [0.29, 0.717) is 0 Å². The Balaban J connectivity index is 3.25. The second-order valence-corrected chi connectivity index (χ2v) is 6.81. The van der Waals surface area contributed by atoms with E-state index < -0.39 is 29.9 Å². The molecule has 9 heteroatoms. The highest BCUT2D eigenvalue weighted by Gasteiger charge is 2.27. The SMILES string of the molecule is CC(=O)OC(c1cc(C#N)ccc1NC(=O)O)N(C)CC(=O)OC(C)(C)C. The van der Waals surface area contributed by atoms with Crippen LogP contribution in [0, 0.1) is 11.3 Å². The van der Waals surface area contributed by atoms with Gasteiger partial charge in [-0.25, -0.2) is 4.79 Å². The fourth-order valence-corrected chi connectivity index (χ4v) is 2.27. The van der Waals surface area contributed by atoms with Crippen LogP contribution in [0.4, 0.5) is 10.5 Å². The van der Waals surface area contributed by atoms with Crippen molar-refractivity contribution in [2.45, 2.75) is 39.5 Å². The first-order valence-electron chi connectivity index (χ1n) is 8.06. The van der Waals surface area contributed by atoms with E-state index >= 15 is 0 Å². The molecule has 146 valence electrons. The van der Waals surface area contributed by atoms with Gasteiger partial charge in [0.25, 0.3) is 0 Å². The van der Waals surface area contributed by atoms with Crippen LogP contribution in [0.25, 0.3) is 0 Å². The van der Waals surface area contributed by atoms with Gasteiger partial charge < -0.3 is 14.6 Å². The van der Waals surface area contributed by atoms with Crippen molar-refractivity contribution in [1.82, 2.24) is 4.90 Å². The Labute approximate surface area is 157 Å². The molecule has 0 spiro atoms. The Morgan fingerprint density at radius 3 is 2.44 bits per heavy atom. The Morgan fingerprint density at radius 2 is 1.96 bits per heavy atom. The highest BCUT2D eigenvalue weighted by molar-refractivity contribution is 5.84. The zero-order valence-electron chi connectivity index (χ0n) is 15.9. The topological polar surface area (TPSA) is 129 Å². The molecule has 9 nitrogen and oxygen atoms in total. The average Bonchev–Trinajstić information content (AvgIpc) is 2.50.